The Morgan fingerprint density at radius 2 is 2.12 bits per heavy atom. The molecule has 0 fully saturated rings. The van der Waals surface area contributed by atoms with E-state index in [-0.39, 0.29) is 11.7 Å². The van der Waals surface area contributed by atoms with Crippen LogP contribution in [0, 0.1) is 5.82 Å². The fourth-order valence-electron chi connectivity index (χ4n) is 3.03. The maximum atomic E-state index is 13.5. The number of carbonyl (C=O) groups excluding carboxylic acids is 1. The number of amides is 1. The minimum atomic E-state index is -0.241. The van der Waals surface area contributed by atoms with Crippen molar-refractivity contribution in [2.45, 2.75) is 6.54 Å². The van der Waals surface area contributed by atoms with Gasteiger partial charge in [-0.3, -0.25) is 4.79 Å². The fourth-order valence-corrected chi connectivity index (χ4v) is 4.52. The Balaban J connectivity index is 1.84. The second-order valence-corrected chi connectivity index (χ2v) is 7.70. The molecule has 0 saturated heterocycles. The number of fused-ring (bicyclic) bond motifs is 3. The minimum Gasteiger partial charge on any atom is -0.364 e. The van der Waals surface area contributed by atoms with Crippen molar-refractivity contribution in [3.8, 4) is 0 Å². The van der Waals surface area contributed by atoms with E-state index in [1.165, 1.54) is 17.4 Å². The summed E-state index contributed by atoms with van der Waals surface area (Å²) in [5.41, 5.74) is 1.83. The van der Waals surface area contributed by atoms with Crippen molar-refractivity contribution in [1.82, 2.24) is 5.32 Å². The van der Waals surface area contributed by atoms with E-state index < -0.39 is 0 Å². The summed E-state index contributed by atoms with van der Waals surface area (Å²) in [6.07, 6.45) is 0. The van der Waals surface area contributed by atoms with E-state index in [0.29, 0.717) is 19.6 Å². The zero-order valence-corrected chi connectivity index (χ0v) is 15.1. The summed E-state index contributed by atoms with van der Waals surface area (Å²) >= 11 is 5.01. The molecule has 24 heavy (non-hydrogen) atoms. The van der Waals surface area contributed by atoms with Gasteiger partial charge in [-0.1, -0.05) is 28.1 Å². The number of carbonyl (C=O) groups is 1. The normalized spacial score (nSPS) is 14.4. The van der Waals surface area contributed by atoms with Crippen LogP contribution in [0.15, 0.2) is 46.9 Å². The van der Waals surface area contributed by atoms with Crippen molar-refractivity contribution < 1.29 is 9.18 Å². The molecule has 1 amide bonds. The van der Waals surface area contributed by atoms with Gasteiger partial charge in [-0.15, -0.1) is 11.3 Å². The van der Waals surface area contributed by atoms with Gasteiger partial charge in [0.1, 0.15) is 10.7 Å². The molecule has 3 aromatic rings. The lowest BCUT2D eigenvalue weighted by Gasteiger charge is -2.23. The standard InChI is InChI=1S/C18H14BrFN2OS/c19-12-4-5-15-14(9-12)16-17(24-15)18(23)21-6-7-22(16)10-11-2-1-3-13(20)8-11/h1-5,8-9H,6-7,10H2,(H,21,23). The van der Waals surface area contributed by atoms with Gasteiger partial charge in [-0.25, -0.2) is 4.39 Å². The van der Waals surface area contributed by atoms with Gasteiger partial charge < -0.3 is 10.2 Å². The molecule has 0 spiro atoms. The predicted octanol–water partition coefficient (Wildman–Crippen LogP) is 4.55. The smallest absolute Gasteiger partial charge is 0.263 e. The number of anilines is 1. The fraction of sp³-hybridized carbons (Fsp3) is 0.167. The van der Waals surface area contributed by atoms with Gasteiger partial charge in [0.05, 0.1) is 5.69 Å². The quantitative estimate of drug-likeness (QED) is 0.679. The molecule has 0 bridgehead atoms. The number of benzene rings is 2. The van der Waals surface area contributed by atoms with Crippen molar-refractivity contribution in [2.24, 2.45) is 0 Å². The molecule has 2 heterocycles. The summed E-state index contributed by atoms with van der Waals surface area (Å²) < 4.78 is 15.6. The third-order valence-corrected chi connectivity index (χ3v) is 5.73. The largest absolute Gasteiger partial charge is 0.364 e. The molecule has 1 N–H and O–H groups in total. The van der Waals surface area contributed by atoms with E-state index in [1.54, 1.807) is 12.1 Å². The van der Waals surface area contributed by atoms with Gasteiger partial charge in [0, 0.05) is 34.2 Å². The summed E-state index contributed by atoms with van der Waals surface area (Å²) in [6, 6.07) is 12.7. The molecule has 2 aromatic carbocycles. The highest BCUT2D eigenvalue weighted by Crippen LogP contribution is 2.40. The molecule has 0 aliphatic carbocycles. The number of rotatable bonds is 2. The first-order valence-electron chi connectivity index (χ1n) is 7.61. The van der Waals surface area contributed by atoms with Crippen LogP contribution in [0.3, 0.4) is 0 Å². The second kappa shape index (κ2) is 6.18. The van der Waals surface area contributed by atoms with Crippen LogP contribution in [0.5, 0.6) is 0 Å². The minimum absolute atomic E-state index is 0.0379. The Bertz CT molecular complexity index is 940. The van der Waals surface area contributed by atoms with Gasteiger partial charge >= 0.3 is 0 Å². The molecule has 0 atom stereocenters. The van der Waals surface area contributed by atoms with Crippen molar-refractivity contribution in [1.29, 1.82) is 0 Å². The second-order valence-electron chi connectivity index (χ2n) is 5.73. The zero-order valence-electron chi connectivity index (χ0n) is 12.7. The molecular weight excluding hydrogens is 391 g/mol. The number of thiophene rings is 1. The third kappa shape index (κ3) is 2.80. The first kappa shape index (κ1) is 15.6. The first-order chi connectivity index (χ1) is 11.6. The van der Waals surface area contributed by atoms with Crippen LogP contribution in [0.4, 0.5) is 10.1 Å². The molecule has 1 aliphatic rings. The van der Waals surface area contributed by atoms with Gasteiger partial charge in [-0.05, 0) is 35.9 Å². The van der Waals surface area contributed by atoms with Gasteiger partial charge in [-0.2, -0.15) is 0 Å². The highest BCUT2D eigenvalue weighted by atomic mass is 79.9. The molecular formula is C18H14BrFN2OS. The topological polar surface area (TPSA) is 32.3 Å². The lowest BCUT2D eigenvalue weighted by atomic mass is 10.1. The molecule has 3 nitrogen and oxygen atoms in total. The molecule has 0 unspecified atom stereocenters. The lowest BCUT2D eigenvalue weighted by Crippen LogP contribution is -2.29. The maximum absolute atomic E-state index is 13.5. The first-order valence-corrected chi connectivity index (χ1v) is 9.22. The monoisotopic (exact) mass is 404 g/mol. The van der Waals surface area contributed by atoms with E-state index in [4.69, 9.17) is 0 Å². The average molecular weight is 405 g/mol. The molecule has 0 radical (unpaired) electrons. The number of nitrogens with one attached hydrogen (secondary N) is 1. The summed E-state index contributed by atoms with van der Waals surface area (Å²) in [5, 5.41) is 4.00. The number of nitrogens with zero attached hydrogens (tertiary/aromatic N) is 1. The average Bonchev–Trinajstić information content (AvgIpc) is 2.85. The van der Waals surface area contributed by atoms with Gasteiger partial charge in [0.2, 0.25) is 0 Å². The van der Waals surface area contributed by atoms with E-state index >= 15 is 0 Å². The summed E-state index contributed by atoms with van der Waals surface area (Å²) in [7, 11) is 0. The van der Waals surface area contributed by atoms with Crippen LogP contribution in [0.2, 0.25) is 0 Å². The maximum Gasteiger partial charge on any atom is 0.263 e. The Labute approximate surface area is 151 Å². The summed E-state index contributed by atoms with van der Waals surface area (Å²) in [5.74, 6) is -0.279. The molecule has 4 rings (SSSR count). The highest BCUT2D eigenvalue weighted by Gasteiger charge is 2.26. The van der Waals surface area contributed by atoms with Crippen LogP contribution in [-0.4, -0.2) is 19.0 Å². The van der Waals surface area contributed by atoms with E-state index in [9.17, 15) is 9.18 Å². The van der Waals surface area contributed by atoms with Crippen LogP contribution >= 0.6 is 27.3 Å². The van der Waals surface area contributed by atoms with Crippen LogP contribution in [-0.2, 0) is 6.54 Å². The summed E-state index contributed by atoms with van der Waals surface area (Å²) in [6.45, 7) is 1.83. The van der Waals surface area contributed by atoms with Crippen LogP contribution < -0.4 is 10.2 Å². The van der Waals surface area contributed by atoms with Crippen LogP contribution in [0.25, 0.3) is 10.1 Å². The zero-order chi connectivity index (χ0) is 16.7. The molecule has 1 aromatic heterocycles. The van der Waals surface area contributed by atoms with E-state index in [0.717, 1.165) is 30.7 Å². The Hall–Kier alpha value is -1.92. The molecule has 122 valence electrons. The summed E-state index contributed by atoms with van der Waals surface area (Å²) in [4.78, 5) is 15.3. The van der Waals surface area contributed by atoms with E-state index in [2.05, 4.69) is 26.1 Å². The number of hydrogen-bond acceptors (Lipinski definition) is 3. The third-order valence-electron chi connectivity index (χ3n) is 4.08. The lowest BCUT2D eigenvalue weighted by molar-refractivity contribution is 0.0962. The van der Waals surface area contributed by atoms with Crippen LogP contribution in [0.1, 0.15) is 15.2 Å². The van der Waals surface area contributed by atoms with Crippen molar-refractivity contribution >= 4 is 48.9 Å². The molecule has 1 aliphatic heterocycles. The highest BCUT2D eigenvalue weighted by molar-refractivity contribution is 9.10. The Morgan fingerprint density at radius 3 is 2.96 bits per heavy atom. The Kier molecular flexibility index (Phi) is 4.02. The van der Waals surface area contributed by atoms with E-state index in [1.807, 2.05) is 24.3 Å². The van der Waals surface area contributed by atoms with Gasteiger partial charge in [0.25, 0.3) is 5.91 Å². The van der Waals surface area contributed by atoms with Gasteiger partial charge in [0.15, 0.2) is 0 Å². The van der Waals surface area contributed by atoms with Crippen molar-refractivity contribution in [3.63, 3.8) is 0 Å². The SMILES string of the molecule is O=C1NCCN(Cc2cccc(F)c2)c2c1sc1ccc(Br)cc21. The number of hydrogen-bond donors (Lipinski definition) is 1. The molecule has 0 saturated carbocycles. The Morgan fingerprint density at radius 1 is 1.25 bits per heavy atom. The van der Waals surface area contributed by atoms with Crippen molar-refractivity contribution in [2.75, 3.05) is 18.0 Å². The molecule has 6 heteroatoms. The predicted molar refractivity (Wildman–Crippen MR) is 99.3 cm³/mol. The van der Waals surface area contributed by atoms with Crippen molar-refractivity contribution in [3.05, 3.63) is 63.2 Å². The number of halogens is 2.